The quantitative estimate of drug-likeness (QED) is 0.629. The lowest BCUT2D eigenvalue weighted by Gasteiger charge is -2.12. The third kappa shape index (κ3) is 3.97. The summed E-state index contributed by atoms with van der Waals surface area (Å²) in [6, 6.07) is 2.23. The summed E-state index contributed by atoms with van der Waals surface area (Å²) in [6.07, 6.45) is 8.01. The number of benzene rings is 1. The predicted octanol–water partition coefficient (Wildman–Crippen LogP) is 3.62. The lowest BCUT2D eigenvalue weighted by molar-refractivity contribution is 0.100. The van der Waals surface area contributed by atoms with Crippen LogP contribution >= 0.6 is 34.5 Å². The van der Waals surface area contributed by atoms with Crippen LogP contribution in [0.2, 0.25) is 10.0 Å². The van der Waals surface area contributed by atoms with Crippen molar-refractivity contribution < 1.29 is 18.3 Å². The van der Waals surface area contributed by atoms with E-state index >= 15 is 0 Å². The Labute approximate surface area is 164 Å². The van der Waals surface area contributed by atoms with Crippen molar-refractivity contribution in [3.8, 4) is 18.1 Å². The fraction of sp³-hybridized carbons (Fsp3) is 0.0625. The third-order valence-electron chi connectivity index (χ3n) is 3.22. The number of nitrogens with two attached hydrogens (primary N) is 1. The lowest BCUT2D eigenvalue weighted by atomic mass is 10.2. The number of allylic oxidation sites excluding steroid dienone is 1. The molecule has 0 aliphatic carbocycles. The third-order valence-corrected chi connectivity index (χ3v) is 6.22. The van der Waals surface area contributed by atoms with Crippen molar-refractivity contribution in [3.05, 3.63) is 43.6 Å². The Bertz CT molecular complexity index is 1070. The Morgan fingerprint density at radius 2 is 2.08 bits per heavy atom. The van der Waals surface area contributed by atoms with E-state index in [2.05, 4.69) is 10.6 Å². The molecule has 1 heterocycles. The number of thiophene rings is 1. The maximum atomic E-state index is 12.7. The van der Waals surface area contributed by atoms with E-state index in [1.54, 1.807) is 6.92 Å². The first kappa shape index (κ1) is 20.1. The minimum absolute atomic E-state index is 0.00430. The molecule has 0 unspecified atom stereocenters. The van der Waals surface area contributed by atoms with Gasteiger partial charge in [-0.15, -0.1) is 17.8 Å². The van der Waals surface area contributed by atoms with E-state index in [-0.39, 0.29) is 20.6 Å². The summed E-state index contributed by atoms with van der Waals surface area (Å²) in [5, 5.41) is 9.77. The number of sulfonamides is 1. The standard InChI is InChI=1S/C16H12Cl2N2O4S2/c1-3-4-5-10-8(2)25-15(16(19)22)13(10)20-26(23,24)12-7-9(17)6-11(18)14(12)21/h1,4-7,20-21H,2H3,(H2,19,22)/b5-4-. The second kappa shape index (κ2) is 7.60. The summed E-state index contributed by atoms with van der Waals surface area (Å²) in [7, 11) is -4.33. The normalized spacial score (nSPS) is 11.5. The molecule has 0 bridgehead atoms. The number of anilines is 1. The van der Waals surface area contributed by atoms with Crippen LogP contribution in [0, 0.1) is 19.3 Å². The first-order valence-corrected chi connectivity index (χ1v) is 9.90. The molecule has 0 saturated carbocycles. The Hall–Kier alpha value is -2.18. The number of halogens is 2. The van der Waals surface area contributed by atoms with Gasteiger partial charge >= 0.3 is 0 Å². The van der Waals surface area contributed by atoms with Gasteiger partial charge in [0.05, 0.1) is 10.7 Å². The van der Waals surface area contributed by atoms with Crippen LogP contribution in [0.15, 0.2) is 23.1 Å². The maximum Gasteiger partial charge on any atom is 0.265 e. The van der Waals surface area contributed by atoms with E-state index in [0.29, 0.717) is 10.4 Å². The van der Waals surface area contributed by atoms with Gasteiger partial charge < -0.3 is 10.8 Å². The maximum absolute atomic E-state index is 12.7. The molecular weight excluding hydrogens is 419 g/mol. The monoisotopic (exact) mass is 430 g/mol. The van der Waals surface area contributed by atoms with Crippen molar-refractivity contribution in [3.63, 3.8) is 0 Å². The molecule has 26 heavy (non-hydrogen) atoms. The van der Waals surface area contributed by atoms with Crippen molar-refractivity contribution in [2.45, 2.75) is 11.8 Å². The number of hydrogen-bond acceptors (Lipinski definition) is 5. The molecule has 10 heteroatoms. The van der Waals surface area contributed by atoms with Crippen LogP contribution in [0.1, 0.15) is 20.1 Å². The molecule has 0 aliphatic heterocycles. The Kier molecular flexibility index (Phi) is 5.88. The van der Waals surface area contributed by atoms with Crippen LogP contribution in [0.3, 0.4) is 0 Å². The number of aromatic hydroxyl groups is 1. The average Bonchev–Trinajstić information content (AvgIpc) is 2.84. The van der Waals surface area contributed by atoms with Crippen LogP contribution in [-0.2, 0) is 10.0 Å². The SMILES string of the molecule is C#C/C=C\c1c(C)sc(C(N)=O)c1NS(=O)(=O)c1cc(Cl)cc(Cl)c1O. The zero-order chi connectivity index (χ0) is 19.6. The smallest absolute Gasteiger partial charge is 0.265 e. The van der Waals surface area contributed by atoms with Crippen molar-refractivity contribution in [1.29, 1.82) is 0 Å². The molecule has 1 aromatic carbocycles. The van der Waals surface area contributed by atoms with Gasteiger partial charge in [0.15, 0.2) is 5.75 Å². The first-order chi connectivity index (χ1) is 12.1. The lowest BCUT2D eigenvalue weighted by Crippen LogP contribution is -2.18. The summed E-state index contributed by atoms with van der Waals surface area (Å²) in [4.78, 5) is 11.8. The number of rotatable bonds is 5. The van der Waals surface area contributed by atoms with Gasteiger partial charge in [0.1, 0.15) is 9.77 Å². The molecule has 0 fully saturated rings. The van der Waals surface area contributed by atoms with E-state index in [4.69, 9.17) is 35.4 Å². The van der Waals surface area contributed by atoms with E-state index < -0.39 is 26.6 Å². The fourth-order valence-corrected chi connectivity index (χ4v) is 4.97. The topological polar surface area (TPSA) is 109 Å². The highest BCUT2D eigenvalue weighted by Crippen LogP contribution is 2.38. The molecule has 0 saturated heterocycles. The molecule has 0 aliphatic rings. The largest absolute Gasteiger partial charge is 0.505 e. The summed E-state index contributed by atoms with van der Waals surface area (Å²) in [5.74, 6) is 0.799. The molecule has 6 nitrogen and oxygen atoms in total. The van der Waals surface area contributed by atoms with Gasteiger partial charge in [-0.2, -0.15) is 0 Å². The predicted molar refractivity (Wildman–Crippen MR) is 104 cm³/mol. The number of phenolic OH excluding ortho intramolecular Hbond substituents is 1. The number of terminal acetylenes is 1. The minimum atomic E-state index is -4.33. The average molecular weight is 431 g/mol. The highest BCUT2D eigenvalue weighted by Gasteiger charge is 2.27. The van der Waals surface area contributed by atoms with Crippen molar-refractivity contribution in [2.75, 3.05) is 4.72 Å². The Morgan fingerprint density at radius 3 is 2.65 bits per heavy atom. The van der Waals surface area contributed by atoms with E-state index in [1.165, 1.54) is 18.2 Å². The molecule has 4 N–H and O–H groups in total. The van der Waals surface area contributed by atoms with Crippen LogP contribution in [0.25, 0.3) is 6.08 Å². The van der Waals surface area contributed by atoms with Gasteiger partial charge in [-0.3, -0.25) is 9.52 Å². The zero-order valence-electron chi connectivity index (χ0n) is 13.2. The van der Waals surface area contributed by atoms with Crippen LogP contribution in [-0.4, -0.2) is 19.4 Å². The fourth-order valence-electron chi connectivity index (χ4n) is 2.10. The van der Waals surface area contributed by atoms with Crippen molar-refractivity contribution >= 4 is 62.2 Å². The van der Waals surface area contributed by atoms with Gasteiger partial charge in [0, 0.05) is 15.5 Å². The summed E-state index contributed by atoms with van der Waals surface area (Å²) in [6.45, 7) is 1.68. The zero-order valence-corrected chi connectivity index (χ0v) is 16.4. The second-order valence-corrected chi connectivity index (χ2v) is 8.70. The molecule has 2 rings (SSSR count). The molecule has 2 aromatic rings. The van der Waals surface area contributed by atoms with E-state index in [1.807, 2.05) is 0 Å². The van der Waals surface area contributed by atoms with Gasteiger partial charge in [-0.05, 0) is 31.2 Å². The molecule has 1 aromatic heterocycles. The molecule has 0 radical (unpaired) electrons. The summed E-state index contributed by atoms with van der Waals surface area (Å²) in [5.41, 5.74) is 5.69. The molecule has 0 atom stereocenters. The number of aryl methyl sites for hydroxylation is 1. The number of amides is 1. The number of carbonyl (C=O) groups excluding carboxylic acids is 1. The number of hydrogen-bond donors (Lipinski definition) is 3. The molecule has 1 amide bonds. The Balaban J connectivity index is 2.66. The summed E-state index contributed by atoms with van der Waals surface area (Å²) >= 11 is 12.6. The number of phenols is 1. The van der Waals surface area contributed by atoms with Crippen LogP contribution < -0.4 is 10.5 Å². The van der Waals surface area contributed by atoms with Gasteiger partial charge in [0.2, 0.25) is 0 Å². The highest BCUT2D eigenvalue weighted by molar-refractivity contribution is 7.92. The minimum Gasteiger partial charge on any atom is -0.505 e. The van der Waals surface area contributed by atoms with E-state index in [9.17, 15) is 18.3 Å². The number of primary amides is 1. The Morgan fingerprint density at radius 1 is 1.42 bits per heavy atom. The number of carbonyl (C=O) groups is 1. The molecule has 136 valence electrons. The van der Waals surface area contributed by atoms with Crippen molar-refractivity contribution in [1.82, 2.24) is 0 Å². The highest BCUT2D eigenvalue weighted by atomic mass is 35.5. The van der Waals surface area contributed by atoms with Gasteiger partial charge in [-0.1, -0.05) is 29.1 Å². The van der Waals surface area contributed by atoms with Crippen LogP contribution in [0.4, 0.5) is 5.69 Å². The first-order valence-electron chi connectivity index (χ1n) is 6.85. The van der Waals surface area contributed by atoms with E-state index in [0.717, 1.165) is 17.4 Å². The van der Waals surface area contributed by atoms with Gasteiger partial charge in [0.25, 0.3) is 15.9 Å². The second-order valence-electron chi connectivity index (χ2n) is 4.98. The molecular formula is C16H12Cl2N2O4S2. The summed E-state index contributed by atoms with van der Waals surface area (Å²) < 4.78 is 27.7. The van der Waals surface area contributed by atoms with Crippen LogP contribution in [0.5, 0.6) is 5.75 Å². The number of nitrogens with one attached hydrogen (secondary N) is 1. The molecule has 0 spiro atoms. The van der Waals surface area contributed by atoms with Gasteiger partial charge in [-0.25, -0.2) is 8.42 Å². The van der Waals surface area contributed by atoms with Crippen molar-refractivity contribution in [2.24, 2.45) is 5.73 Å².